The fraction of sp³-hybridized carbons (Fsp3) is 0.571. The molecule has 2 saturated heterocycles. The number of amides is 2. The third-order valence-electron chi connectivity index (χ3n) is 6.59. The molecule has 2 amide bonds. The van der Waals surface area contributed by atoms with Crippen LogP contribution in [0.3, 0.4) is 0 Å². The minimum Gasteiger partial charge on any atom is -0.338 e. The molecule has 8 heteroatoms. The molecule has 2 aliphatic heterocycles. The number of rotatable bonds is 4. The number of carbonyl (C=O) groups excluding carboxylic acids is 2. The van der Waals surface area contributed by atoms with Crippen molar-refractivity contribution in [3.8, 4) is 5.69 Å². The van der Waals surface area contributed by atoms with Gasteiger partial charge in [-0.05, 0) is 73.6 Å². The quantitative estimate of drug-likeness (QED) is 0.787. The van der Waals surface area contributed by atoms with Gasteiger partial charge in [0, 0.05) is 19.1 Å². The number of tetrazole rings is 1. The predicted octanol–water partition coefficient (Wildman–Crippen LogP) is 1.66. The van der Waals surface area contributed by atoms with Gasteiger partial charge in [-0.1, -0.05) is 12.1 Å². The number of carbonyl (C=O) groups is 2. The molecule has 0 radical (unpaired) electrons. The van der Waals surface area contributed by atoms with Crippen LogP contribution in [0.15, 0.2) is 24.3 Å². The SMILES string of the molecule is Cc1nnnn1-c1ccc(CC(=O)N2CCCC23CCCN(C2CC2)C3=O)cc1. The highest BCUT2D eigenvalue weighted by Crippen LogP contribution is 2.42. The number of benzene rings is 1. The van der Waals surface area contributed by atoms with E-state index >= 15 is 0 Å². The van der Waals surface area contributed by atoms with Crippen molar-refractivity contribution in [3.05, 3.63) is 35.7 Å². The Balaban J connectivity index is 1.32. The fourth-order valence-corrected chi connectivity index (χ4v) is 4.97. The van der Waals surface area contributed by atoms with Crippen molar-refractivity contribution in [2.24, 2.45) is 0 Å². The van der Waals surface area contributed by atoms with E-state index in [-0.39, 0.29) is 11.8 Å². The summed E-state index contributed by atoms with van der Waals surface area (Å²) in [5.74, 6) is 0.963. The van der Waals surface area contributed by atoms with E-state index in [2.05, 4.69) is 20.4 Å². The lowest BCUT2D eigenvalue weighted by atomic mass is 9.85. The summed E-state index contributed by atoms with van der Waals surface area (Å²) in [6.45, 7) is 3.38. The topological polar surface area (TPSA) is 84.2 Å². The van der Waals surface area contributed by atoms with Crippen molar-refractivity contribution in [3.63, 3.8) is 0 Å². The lowest BCUT2D eigenvalue weighted by Gasteiger charge is -2.44. The molecule has 5 rings (SSSR count). The minimum absolute atomic E-state index is 0.0554. The van der Waals surface area contributed by atoms with Gasteiger partial charge in [-0.2, -0.15) is 4.68 Å². The van der Waals surface area contributed by atoms with Crippen LogP contribution in [0.25, 0.3) is 5.69 Å². The molecule has 3 fully saturated rings. The Kier molecular flexibility index (Phi) is 4.37. The first kappa shape index (κ1) is 18.3. The van der Waals surface area contributed by atoms with E-state index in [0.29, 0.717) is 24.8 Å². The normalized spacial score (nSPS) is 24.5. The van der Waals surface area contributed by atoms with Gasteiger partial charge in [0.25, 0.3) is 0 Å². The van der Waals surface area contributed by atoms with Gasteiger partial charge in [-0.3, -0.25) is 9.59 Å². The number of aromatic nitrogens is 4. The largest absolute Gasteiger partial charge is 0.338 e. The van der Waals surface area contributed by atoms with E-state index in [4.69, 9.17) is 0 Å². The molecule has 1 spiro atoms. The summed E-state index contributed by atoms with van der Waals surface area (Å²) < 4.78 is 1.66. The van der Waals surface area contributed by atoms with Gasteiger partial charge < -0.3 is 9.80 Å². The molecule has 1 aliphatic carbocycles. The van der Waals surface area contributed by atoms with Gasteiger partial charge in [0.05, 0.1) is 12.1 Å². The molecule has 152 valence electrons. The fourth-order valence-electron chi connectivity index (χ4n) is 4.97. The summed E-state index contributed by atoms with van der Waals surface area (Å²) in [6.07, 6.45) is 6.05. The van der Waals surface area contributed by atoms with E-state index < -0.39 is 5.54 Å². The highest BCUT2D eigenvalue weighted by atomic mass is 16.2. The second-order valence-corrected chi connectivity index (χ2v) is 8.49. The summed E-state index contributed by atoms with van der Waals surface area (Å²) in [5.41, 5.74) is 1.21. The van der Waals surface area contributed by atoms with E-state index in [1.807, 2.05) is 36.1 Å². The van der Waals surface area contributed by atoms with Crippen molar-refractivity contribution < 1.29 is 9.59 Å². The summed E-state index contributed by atoms with van der Waals surface area (Å²) in [4.78, 5) is 30.5. The van der Waals surface area contributed by atoms with E-state index in [1.165, 1.54) is 0 Å². The average molecular weight is 394 g/mol. The molecule has 1 aromatic carbocycles. The number of piperidine rings is 1. The third-order valence-corrected chi connectivity index (χ3v) is 6.59. The summed E-state index contributed by atoms with van der Waals surface area (Å²) in [6, 6.07) is 8.14. The summed E-state index contributed by atoms with van der Waals surface area (Å²) in [5, 5.41) is 11.5. The monoisotopic (exact) mass is 394 g/mol. The van der Waals surface area contributed by atoms with Gasteiger partial charge >= 0.3 is 0 Å². The maximum Gasteiger partial charge on any atom is 0.248 e. The first-order valence-corrected chi connectivity index (χ1v) is 10.5. The molecule has 1 unspecified atom stereocenters. The number of likely N-dealkylation sites (tertiary alicyclic amines) is 2. The van der Waals surface area contributed by atoms with Gasteiger partial charge in [-0.15, -0.1) is 5.10 Å². The lowest BCUT2D eigenvalue weighted by molar-refractivity contribution is -0.155. The first-order valence-electron chi connectivity index (χ1n) is 10.5. The average Bonchev–Trinajstić information content (AvgIpc) is 3.33. The van der Waals surface area contributed by atoms with Gasteiger partial charge in [0.15, 0.2) is 5.82 Å². The minimum atomic E-state index is -0.596. The smallest absolute Gasteiger partial charge is 0.248 e. The Morgan fingerprint density at radius 3 is 2.52 bits per heavy atom. The molecule has 29 heavy (non-hydrogen) atoms. The van der Waals surface area contributed by atoms with E-state index in [0.717, 1.165) is 56.3 Å². The molecular weight excluding hydrogens is 368 g/mol. The van der Waals surface area contributed by atoms with Crippen LogP contribution in [0.5, 0.6) is 0 Å². The van der Waals surface area contributed by atoms with Crippen molar-refractivity contribution in [2.75, 3.05) is 13.1 Å². The molecule has 1 saturated carbocycles. The number of nitrogens with zero attached hydrogens (tertiary/aromatic N) is 6. The van der Waals surface area contributed by atoms with Crippen molar-refractivity contribution in [1.82, 2.24) is 30.0 Å². The van der Waals surface area contributed by atoms with Crippen LogP contribution in [-0.2, 0) is 16.0 Å². The number of hydrogen-bond acceptors (Lipinski definition) is 5. The molecular formula is C21H26N6O2. The summed E-state index contributed by atoms with van der Waals surface area (Å²) in [7, 11) is 0. The Morgan fingerprint density at radius 2 is 1.86 bits per heavy atom. The Bertz CT molecular complexity index is 935. The standard InChI is InChI=1S/C21H26N6O2/c1-15-22-23-24-27(15)18-6-4-16(5-7-18)14-19(28)26-13-3-11-21(26)10-2-12-25(20(21)29)17-8-9-17/h4-7,17H,2-3,8-14H2,1H3. The van der Waals surface area contributed by atoms with Crippen LogP contribution >= 0.6 is 0 Å². The summed E-state index contributed by atoms with van der Waals surface area (Å²) >= 11 is 0. The second-order valence-electron chi connectivity index (χ2n) is 8.49. The zero-order valence-corrected chi connectivity index (χ0v) is 16.8. The molecule has 0 N–H and O–H groups in total. The van der Waals surface area contributed by atoms with Crippen LogP contribution in [0, 0.1) is 6.92 Å². The predicted molar refractivity (Wildman–Crippen MR) is 105 cm³/mol. The zero-order chi connectivity index (χ0) is 20.0. The van der Waals surface area contributed by atoms with Crippen LogP contribution in [-0.4, -0.2) is 66.5 Å². The number of aryl methyl sites for hydroxylation is 1. The Labute approximate surface area is 169 Å². The lowest BCUT2D eigenvalue weighted by Crippen LogP contribution is -2.62. The molecule has 1 aromatic heterocycles. The van der Waals surface area contributed by atoms with Crippen molar-refractivity contribution in [1.29, 1.82) is 0 Å². The Morgan fingerprint density at radius 1 is 1.14 bits per heavy atom. The van der Waals surface area contributed by atoms with Crippen LogP contribution < -0.4 is 0 Å². The molecule has 8 nitrogen and oxygen atoms in total. The van der Waals surface area contributed by atoms with Gasteiger partial charge in [0.2, 0.25) is 11.8 Å². The zero-order valence-electron chi connectivity index (χ0n) is 16.8. The highest BCUT2D eigenvalue weighted by molar-refractivity contribution is 5.93. The maximum absolute atomic E-state index is 13.3. The third kappa shape index (κ3) is 3.10. The molecule has 1 atom stereocenters. The first-order chi connectivity index (χ1) is 14.1. The van der Waals surface area contributed by atoms with Gasteiger partial charge in [0.1, 0.15) is 5.54 Å². The molecule has 3 aliphatic rings. The number of hydrogen-bond donors (Lipinski definition) is 0. The highest BCUT2D eigenvalue weighted by Gasteiger charge is 2.54. The molecule has 3 heterocycles. The van der Waals surface area contributed by atoms with Crippen molar-refractivity contribution >= 4 is 11.8 Å². The van der Waals surface area contributed by atoms with E-state index in [9.17, 15) is 9.59 Å². The Hall–Kier alpha value is -2.77. The van der Waals surface area contributed by atoms with Crippen LogP contribution in [0.2, 0.25) is 0 Å². The van der Waals surface area contributed by atoms with Crippen molar-refractivity contribution in [2.45, 2.75) is 63.5 Å². The molecule has 0 bridgehead atoms. The van der Waals surface area contributed by atoms with Crippen LogP contribution in [0.1, 0.15) is 49.9 Å². The van der Waals surface area contributed by atoms with Gasteiger partial charge in [-0.25, -0.2) is 0 Å². The van der Waals surface area contributed by atoms with E-state index in [1.54, 1.807) is 4.68 Å². The second kappa shape index (κ2) is 6.93. The van der Waals surface area contributed by atoms with Crippen LogP contribution in [0.4, 0.5) is 0 Å². The maximum atomic E-state index is 13.3. The molecule has 2 aromatic rings.